The molecule has 0 radical (unpaired) electrons. The van der Waals surface area contributed by atoms with E-state index in [0.717, 1.165) is 12.5 Å². The van der Waals surface area contributed by atoms with Crippen molar-refractivity contribution in [1.82, 2.24) is 0 Å². The average Bonchev–Trinajstić information content (AvgIpc) is 2.83. The molecule has 0 aromatic heterocycles. The summed E-state index contributed by atoms with van der Waals surface area (Å²) in [6, 6.07) is 0. The predicted molar refractivity (Wildman–Crippen MR) is 125 cm³/mol. The minimum absolute atomic E-state index is 0.385. The van der Waals surface area contributed by atoms with Gasteiger partial charge in [0, 0.05) is 42.7 Å². The van der Waals surface area contributed by atoms with Crippen molar-refractivity contribution in [3.05, 3.63) is 0 Å². The fourth-order valence-corrected chi connectivity index (χ4v) is 5.12. The summed E-state index contributed by atoms with van der Waals surface area (Å²) in [5.74, 6) is 0. The maximum atomic E-state index is 11.6. The Morgan fingerprint density at radius 2 is 0.811 bits per heavy atom. The molecule has 2 aliphatic heterocycles. The lowest BCUT2D eigenvalue weighted by atomic mass is 9.97. The first-order chi connectivity index (χ1) is 17.3. The highest BCUT2D eigenvalue weighted by atomic mass is 32.2. The highest BCUT2D eigenvalue weighted by molar-refractivity contribution is 7.86. The van der Waals surface area contributed by atoms with Crippen molar-refractivity contribution in [2.75, 3.05) is 68.4 Å². The Bertz CT molecular complexity index is 825. The second kappa shape index (κ2) is 14.2. The van der Waals surface area contributed by atoms with E-state index in [-0.39, 0.29) is 13.2 Å². The molecule has 17 heteroatoms. The van der Waals surface area contributed by atoms with Gasteiger partial charge in [-0.2, -0.15) is 16.8 Å². The zero-order valence-electron chi connectivity index (χ0n) is 22.1. The van der Waals surface area contributed by atoms with Crippen molar-refractivity contribution in [3.8, 4) is 0 Å². The lowest BCUT2D eigenvalue weighted by Crippen LogP contribution is -2.65. The molecule has 0 aromatic carbocycles. The van der Waals surface area contributed by atoms with Crippen LogP contribution in [-0.4, -0.2) is 147 Å². The number of hydrogen-bond acceptors (Lipinski definition) is 15. The van der Waals surface area contributed by atoms with Gasteiger partial charge in [0.15, 0.2) is 12.6 Å². The smallest absolute Gasteiger partial charge is 0.264 e. The fraction of sp³-hybridized carbons (Fsp3) is 1.00. The van der Waals surface area contributed by atoms with Crippen LogP contribution in [0.3, 0.4) is 0 Å². The zero-order valence-corrected chi connectivity index (χ0v) is 23.8. The van der Waals surface area contributed by atoms with Gasteiger partial charge < -0.3 is 42.6 Å². The highest BCUT2D eigenvalue weighted by Crippen LogP contribution is 2.33. The first-order valence-electron chi connectivity index (χ1n) is 11.2. The SMILES string of the molecule is CO[C@@H]1[C@@H](OC)[C@@H](O[C@H]2O[C@H](COS(C)(=O)=O)[C@@H](OC)[C@H](OC)[C@H]2OC)O[C@H](COS(C)(=O)=O)[C@H]1OC. The monoisotopic (exact) mass is 582 g/mol. The molecule has 0 amide bonds. The number of rotatable bonds is 14. The van der Waals surface area contributed by atoms with Gasteiger partial charge in [0.1, 0.15) is 48.8 Å². The van der Waals surface area contributed by atoms with Crippen LogP contribution in [0.15, 0.2) is 0 Å². The number of hydrogen-bond donors (Lipinski definition) is 0. The molecule has 37 heavy (non-hydrogen) atoms. The Balaban J connectivity index is 2.35. The number of methoxy groups -OCH3 is 6. The van der Waals surface area contributed by atoms with E-state index < -0.39 is 81.6 Å². The van der Waals surface area contributed by atoms with E-state index in [1.807, 2.05) is 0 Å². The normalized spacial score (nSPS) is 37.5. The zero-order chi connectivity index (χ0) is 28.0. The van der Waals surface area contributed by atoms with Gasteiger partial charge in [-0.15, -0.1) is 0 Å². The van der Waals surface area contributed by atoms with Crippen molar-refractivity contribution < 1.29 is 67.8 Å². The van der Waals surface area contributed by atoms with Gasteiger partial charge in [-0.3, -0.25) is 8.37 Å². The molecule has 220 valence electrons. The molecular formula is C20H38O15S2. The van der Waals surface area contributed by atoms with Crippen LogP contribution in [-0.2, 0) is 71.2 Å². The van der Waals surface area contributed by atoms with Crippen LogP contribution < -0.4 is 0 Å². The maximum absolute atomic E-state index is 11.6. The van der Waals surface area contributed by atoms with E-state index in [9.17, 15) is 16.8 Å². The fourth-order valence-electron chi connectivity index (χ4n) is 4.36. The van der Waals surface area contributed by atoms with E-state index in [0.29, 0.717) is 0 Å². The van der Waals surface area contributed by atoms with E-state index in [1.165, 1.54) is 42.7 Å². The van der Waals surface area contributed by atoms with Crippen molar-refractivity contribution in [3.63, 3.8) is 0 Å². The van der Waals surface area contributed by atoms with Crippen LogP contribution in [0.25, 0.3) is 0 Å². The average molecular weight is 583 g/mol. The summed E-state index contributed by atoms with van der Waals surface area (Å²) in [5, 5.41) is 0. The second-order valence-corrected chi connectivity index (χ2v) is 11.7. The molecule has 0 aromatic rings. The Labute approximate surface area is 218 Å². The molecule has 0 N–H and O–H groups in total. The van der Waals surface area contributed by atoms with Gasteiger partial charge in [-0.25, -0.2) is 0 Å². The van der Waals surface area contributed by atoms with Gasteiger partial charge >= 0.3 is 0 Å². The quantitative estimate of drug-likeness (QED) is 0.217. The lowest BCUT2D eigenvalue weighted by Gasteiger charge is -2.48. The molecule has 2 heterocycles. The third-order valence-electron chi connectivity index (χ3n) is 5.98. The van der Waals surface area contributed by atoms with Crippen LogP contribution in [0.4, 0.5) is 0 Å². The lowest BCUT2D eigenvalue weighted by molar-refractivity contribution is -0.383. The third-order valence-corrected chi connectivity index (χ3v) is 7.10. The summed E-state index contributed by atoms with van der Waals surface area (Å²) < 4.78 is 108. The summed E-state index contributed by atoms with van der Waals surface area (Å²) in [6.45, 7) is -0.770. The van der Waals surface area contributed by atoms with E-state index in [4.69, 9.17) is 51.0 Å². The highest BCUT2D eigenvalue weighted by Gasteiger charge is 2.53. The molecule has 2 fully saturated rings. The standard InChI is InChI=1S/C20H38O15S2/c1-25-13-11(9-31-36(7,21)22)33-19(17(29-5)15(13)27-3)35-20-18(30-6)16(28-4)14(26-2)12(34-20)10-32-37(8,23)24/h11-20H,9-10H2,1-8H3/t11-,12-,13-,14-,15+,16+,17-,18-,19-,20-/m1/s1. The first-order valence-corrected chi connectivity index (χ1v) is 14.8. The van der Waals surface area contributed by atoms with E-state index >= 15 is 0 Å². The Morgan fingerprint density at radius 1 is 0.514 bits per heavy atom. The molecule has 0 aliphatic carbocycles. The van der Waals surface area contributed by atoms with Crippen molar-refractivity contribution in [1.29, 1.82) is 0 Å². The summed E-state index contributed by atoms with van der Waals surface area (Å²) >= 11 is 0. The second-order valence-electron chi connectivity index (χ2n) is 8.40. The molecule has 0 saturated carbocycles. The van der Waals surface area contributed by atoms with E-state index in [2.05, 4.69) is 0 Å². The van der Waals surface area contributed by atoms with Gasteiger partial charge in [-0.05, 0) is 0 Å². The molecule has 2 saturated heterocycles. The molecule has 0 bridgehead atoms. The van der Waals surface area contributed by atoms with Crippen LogP contribution in [0.2, 0.25) is 0 Å². The number of ether oxygens (including phenoxy) is 9. The van der Waals surface area contributed by atoms with Crippen molar-refractivity contribution in [2.24, 2.45) is 0 Å². The van der Waals surface area contributed by atoms with Gasteiger partial charge in [0.05, 0.1) is 25.7 Å². The summed E-state index contributed by atoms with van der Waals surface area (Å²) in [7, 11) is 0.920. The van der Waals surface area contributed by atoms with Crippen molar-refractivity contribution >= 4 is 20.2 Å². The molecule has 10 atom stereocenters. The summed E-state index contributed by atoms with van der Waals surface area (Å²) in [6.07, 6.45) is -7.25. The maximum Gasteiger partial charge on any atom is 0.264 e. The minimum Gasteiger partial charge on any atom is -0.376 e. The van der Waals surface area contributed by atoms with Gasteiger partial charge in [0.2, 0.25) is 0 Å². The van der Waals surface area contributed by atoms with Gasteiger partial charge in [-0.1, -0.05) is 0 Å². The largest absolute Gasteiger partial charge is 0.376 e. The molecule has 2 aliphatic rings. The predicted octanol–water partition coefficient (Wildman–Crippen LogP) is -1.50. The first kappa shape index (κ1) is 32.7. The molecule has 15 nitrogen and oxygen atoms in total. The Kier molecular flexibility index (Phi) is 12.5. The third kappa shape index (κ3) is 8.72. The van der Waals surface area contributed by atoms with Crippen LogP contribution in [0.1, 0.15) is 0 Å². The van der Waals surface area contributed by atoms with Gasteiger partial charge in [0.25, 0.3) is 20.2 Å². The molecule has 2 rings (SSSR count). The van der Waals surface area contributed by atoms with Crippen molar-refractivity contribution in [2.45, 2.75) is 61.4 Å². The molecule has 0 spiro atoms. The summed E-state index contributed by atoms with van der Waals surface area (Å²) in [4.78, 5) is 0. The van der Waals surface area contributed by atoms with E-state index in [1.54, 1.807) is 0 Å². The Morgan fingerprint density at radius 3 is 1.05 bits per heavy atom. The molecule has 0 unspecified atom stereocenters. The van der Waals surface area contributed by atoms with Crippen LogP contribution in [0, 0.1) is 0 Å². The van der Waals surface area contributed by atoms with Crippen LogP contribution >= 0.6 is 0 Å². The Hall–Kier alpha value is -0.540. The minimum atomic E-state index is -3.79. The van der Waals surface area contributed by atoms with Crippen LogP contribution in [0.5, 0.6) is 0 Å². The molecular weight excluding hydrogens is 544 g/mol. The summed E-state index contributed by atoms with van der Waals surface area (Å²) in [5.41, 5.74) is 0. The topological polar surface area (TPSA) is 170 Å².